The van der Waals surface area contributed by atoms with Crippen molar-refractivity contribution in [1.29, 1.82) is 0 Å². The molecule has 0 spiro atoms. The third-order valence-electron chi connectivity index (χ3n) is 4.35. The van der Waals surface area contributed by atoms with Crippen molar-refractivity contribution in [2.24, 2.45) is 5.92 Å². The highest BCUT2D eigenvalue weighted by Crippen LogP contribution is 2.27. The number of rotatable bonds is 7. The first-order valence-corrected chi connectivity index (χ1v) is 10.5. The van der Waals surface area contributed by atoms with Crippen LogP contribution in [-0.2, 0) is 14.8 Å². The number of anilines is 1. The van der Waals surface area contributed by atoms with Crippen LogP contribution in [0.25, 0.3) is 0 Å². The summed E-state index contributed by atoms with van der Waals surface area (Å²) in [5.41, 5.74) is 0.778. The van der Waals surface area contributed by atoms with Crippen molar-refractivity contribution in [2.45, 2.75) is 18.2 Å². The van der Waals surface area contributed by atoms with Crippen molar-refractivity contribution in [3.8, 4) is 5.75 Å². The van der Waals surface area contributed by atoms with Crippen molar-refractivity contribution >= 4 is 33.2 Å². The van der Waals surface area contributed by atoms with E-state index in [4.69, 9.17) is 16.3 Å². The van der Waals surface area contributed by atoms with E-state index in [2.05, 4.69) is 4.72 Å². The summed E-state index contributed by atoms with van der Waals surface area (Å²) in [7, 11) is -3.72. The topological polar surface area (TPSA) is 75.7 Å². The summed E-state index contributed by atoms with van der Waals surface area (Å²) >= 11 is 5.97. The molecule has 1 N–H and O–H groups in total. The van der Waals surface area contributed by atoms with Gasteiger partial charge in [0.25, 0.3) is 0 Å². The molecular weight excluding hydrogens is 388 g/mol. The molecule has 1 aliphatic rings. The minimum Gasteiger partial charge on any atom is -0.494 e. The summed E-state index contributed by atoms with van der Waals surface area (Å²) in [6, 6.07) is 13.6. The van der Waals surface area contributed by atoms with Crippen LogP contribution >= 0.6 is 11.6 Å². The fourth-order valence-electron chi connectivity index (χ4n) is 3.02. The lowest BCUT2D eigenvalue weighted by atomic mass is 10.1. The molecule has 2 aromatic carbocycles. The number of hydrogen-bond acceptors (Lipinski definition) is 4. The van der Waals surface area contributed by atoms with Gasteiger partial charge in [-0.05, 0) is 49.2 Å². The van der Waals surface area contributed by atoms with E-state index >= 15 is 0 Å². The molecule has 1 fully saturated rings. The van der Waals surface area contributed by atoms with Crippen LogP contribution in [0.1, 0.15) is 13.3 Å². The number of halogens is 1. The maximum atomic E-state index is 12.4. The molecule has 0 bridgehead atoms. The summed E-state index contributed by atoms with van der Waals surface area (Å²) in [4.78, 5) is 14.1. The Bertz CT molecular complexity index is 916. The fraction of sp³-hybridized carbons (Fsp3) is 0.316. The van der Waals surface area contributed by atoms with Crippen LogP contribution in [0.2, 0.25) is 5.02 Å². The third-order valence-corrected chi connectivity index (χ3v) is 6.28. The van der Waals surface area contributed by atoms with E-state index in [-0.39, 0.29) is 34.7 Å². The highest BCUT2D eigenvalue weighted by Gasteiger charge is 2.31. The Balaban J connectivity index is 1.63. The Hall–Kier alpha value is -2.09. The number of nitrogens with one attached hydrogen (secondary N) is 1. The molecule has 0 unspecified atom stereocenters. The Kier molecular flexibility index (Phi) is 6.04. The lowest BCUT2D eigenvalue weighted by molar-refractivity contribution is -0.117. The van der Waals surface area contributed by atoms with E-state index in [0.29, 0.717) is 13.2 Å². The van der Waals surface area contributed by atoms with Crippen molar-refractivity contribution < 1.29 is 17.9 Å². The Morgan fingerprint density at radius 2 is 1.89 bits per heavy atom. The molecule has 1 atom stereocenters. The molecule has 1 heterocycles. The van der Waals surface area contributed by atoms with Gasteiger partial charge in [0, 0.05) is 25.2 Å². The Morgan fingerprint density at radius 1 is 1.19 bits per heavy atom. The predicted octanol–water partition coefficient (Wildman–Crippen LogP) is 3.07. The predicted molar refractivity (Wildman–Crippen MR) is 105 cm³/mol. The Labute approximate surface area is 164 Å². The summed E-state index contributed by atoms with van der Waals surface area (Å²) in [5, 5.41) is 0.170. The molecular formula is C19H21ClN2O4S. The van der Waals surface area contributed by atoms with Crippen LogP contribution in [0.4, 0.5) is 5.69 Å². The average molecular weight is 409 g/mol. The lowest BCUT2D eigenvalue weighted by Crippen LogP contribution is -2.31. The van der Waals surface area contributed by atoms with Crippen molar-refractivity contribution in [3.05, 3.63) is 53.6 Å². The first-order chi connectivity index (χ1) is 12.9. The zero-order valence-electron chi connectivity index (χ0n) is 14.9. The number of benzene rings is 2. The van der Waals surface area contributed by atoms with Gasteiger partial charge in [-0.3, -0.25) is 4.79 Å². The second kappa shape index (κ2) is 8.29. The number of carbonyl (C=O) groups is 1. The van der Waals surface area contributed by atoms with E-state index in [1.807, 2.05) is 31.2 Å². The molecule has 0 radical (unpaired) electrons. The molecule has 8 heteroatoms. The van der Waals surface area contributed by atoms with Crippen molar-refractivity contribution in [3.63, 3.8) is 0 Å². The number of sulfonamides is 1. The van der Waals surface area contributed by atoms with Gasteiger partial charge in [0.1, 0.15) is 10.6 Å². The SMILES string of the molecule is CCOc1ccc(N2C[C@@H](CNS(=O)(=O)c3ccccc3Cl)CC2=O)cc1. The van der Waals surface area contributed by atoms with Crippen LogP contribution in [0, 0.1) is 5.92 Å². The van der Waals surface area contributed by atoms with Gasteiger partial charge in [0.15, 0.2) is 0 Å². The summed E-state index contributed by atoms with van der Waals surface area (Å²) in [5.74, 6) is 0.611. The fourth-order valence-corrected chi connectivity index (χ4v) is 4.66. The molecule has 0 saturated carbocycles. The molecule has 2 aromatic rings. The number of carbonyl (C=O) groups excluding carboxylic acids is 1. The van der Waals surface area contributed by atoms with Gasteiger partial charge in [0.05, 0.1) is 11.6 Å². The second-order valence-electron chi connectivity index (χ2n) is 6.28. The lowest BCUT2D eigenvalue weighted by Gasteiger charge is -2.17. The number of ether oxygens (including phenoxy) is 1. The van der Waals surface area contributed by atoms with Gasteiger partial charge in [0.2, 0.25) is 15.9 Å². The minimum absolute atomic E-state index is 0.0268. The monoisotopic (exact) mass is 408 g/mol. The summed E-state index contributed by atoms with van der Waals surface area (Å²) < 4.78 is 32.8. The minimum atomic E-state index is -3.72. The standard InChI is InChI=1S/C19H21ClN2O4S/c1-2-26-16-9-7-15(8-10-16)22-13-14(11-19(22)23)12-21-27(24,25)18-6-4-3-5-17(18)20/h3-10,14,21H,2,11-13H2,1H3/t14-/m1/s1. The first kappa shape index (κ1) is 19.7. The maximum absolute atomic E-state index is 12.4. The molecule has 0 aromatic heterocycles. The molecule has 1 aliphatic heterocycles. The zero-order valence-corrected chi connectivity index (χ0v) is 16.5. The Morgan fingerprint density at radius 3 is 2.56 bits per heavy atom. The van der Waals surface area contributed by atoms with Gasteiger partial charge >= 0.3 is 0 Å². The van der Waals surface area contributed by atoms with E-state index in [0.717, 1.165) is 11.4 Å². The van der Waals surface area contributed by atoms with E-state index < -0.39 is 10.0 Å². The molecule has 27 heavy (non-hydrogen) atoms. The second-order valence-corrected chi connectivity index (χ2v) is 8.43. The van der Waals surface area contributed by atoms with Crippen molar-refractivity contribution in [1.82, 2.24) is 4.72 Å². The van der Waals surface area contributed by atoms with E-state index in [1.165, 1.54) is 12.1 Å². The molecule has 0 aliphatic carbocycles. The van der Waals surface area contributed by atoms with E-state index in [9.17, 15) is 13.2 Å². The van der Waals surface area contributed by atoms with E-state index in [1.54, 1.807) is 17.0 Å². The van der Waals surface area contributed by atoms with Crippen LogP contribution in [-0.4, -0.2) is 34.0 Å². The van der Waals surface area contributed by atoms with Gasteiger partial charge in [-0.25, -0.2) is 13.1 Å². The smallest absolute Gasteiger partial charge is 0.242 e. The zero-order chi connectivity index (χ0) is 19.4. The van der Waals surface area contributed by atoms with Crippen LogP contribution in [0.5, 0.6) is 5.75 Å². The molecule has 1 amide bonds. The van der Waals surface area contributed by atoms with Crippen LogP contribution in [0.3, 0.4) is 0 Å². The quantitative estimate of drug-likeness (QED) is 0.763. The summed E-state index contributed by atoms with van der Waals surface area (Å²) in [6.07, 6.45) is 0.290. The molecule has 1 saturated heterocycles. The molecule has 6 nitrogen and oxygen atoms in total. The van der Waals surface area contributed by atoms with Gasteiger partial charge in [-0.2, -0.15) is 0 Å². The molecule has 3 rings (SSSR count). The normalized spacial score (nSPS) is 17.3. The van der Waals surface area contributed by atoms with Crippen LogP contribution in [0.15, 0.2) is 53.4 Å². The maximum Gasteiger partial charge on any atom is 0.242 e. The largest absolute Gasteiger partial charge is 0.494 e. The first-order valence-electron chi connectivity index (χ1n) is 8.68. The number of nitrogens with zero attached hydrogens (tertiary/aromatic N) is 1. The third kappa shape index (κ3) is 4.61. The summed E-state index contributed by atoms with van der Waals surface area (Å²) in [6.45, 7) is 3.12. The molecule has 144 valence electrons. The van der Waals surface area contributed by atoms with Crippen LogP contribution < -0.4 is 14.4 Å². The average Bonchev–Trinajstić information content (AvgIpc) is 3.02. The van der Waals surface area contributed by atoms with Gasteiger partial charge in [-0.1, -0.05) is 23.7 Å². The highest BCUT2D eigenvalue weighted by molar-refractivity contribution is 7.89. The van der Waals surface area contributed by atoms with Gasteiger partial charge < -0.3 is 9.64 Å². The van der Waals surface area contributed by atoms with Crippen molar-refractivity contribution in [2.75, 3.05) is 24.6 Å². The number of amides is 1. The van der Waals surface area contributed by atoms with Gasteiger partial charge in [-0.15, -0.1) is 0 Å². The highest BCUT2D eigenvalue weighted by atomic mass is 35.5. The number of hydrogen-bond donors (Lipinski definition) is 1.